The van der Waals surface area contributed by atoms with Crippen molar-refractivity contribution >= 4 is 10.2 Å². The van der Waals surface area contributed by atoms with Crippen molar-refractivity contribution < 1.29 is 8.42 Å². The van der Waals surface area contributed by atoms with Gasteiger partial charge < -0.3 is 5.73 Å². The maximum atomic E-state index is 12.7. The lowest BCUT2D eigenvalue weighted by Crippen LogP contribution is -2.41. The molecule has 0 aliphatic carbocycles. The summed E-state index contributed by atoms with van der Waals surface area (Å²) < 4.78 is 28.4. The Morgan fingerprint density at radius 1 is 1.27 bits per heavy atom. The fourth-order valence-corrected chi connectivity index (χ4v) is 4.51. The highest BCUT2D eigenvalue weighted by molar-refractivity contribution is 7.86. The van der Waals surface area contributed by atoms with Crippen LogP contribution in [0, 0.1) is 5.92 Å². The van der Waals surface area contributed by atoms with Crippen LogP contribution in [0.1, 0.15) is 31.2 Å². The van der Waals surface area contributed by atoms with Gasteiger partial charge in [-0.25, -0.2) is 0 Å². The van der Waals surface area contributed by atoms with Crippen LogP contribution in [0.25, 0.3) is 0 Å². The fourth-order valence-electron chi connectivity index (χ4n) is 3.03. The van der Waals surface area contributed by atoms with E-state index < -0.39 is 10.2 Å². The molecular formula is C16H27N3O2S. The molecule has 0 radical (unpaired) electrons. The maximum Gasteiger partial charge on any atom is 0.281 e. The predicted octanol–water partition coefficient (Wildman–Crippen LogP) is 1.64. The first kappa shape index (κ1) is 17.4. The lowest BCUT2D eigenvalue weighted by molar-refractivity contribution is 0.383. The van der Waals surface area contributed by atoms with Gasteiger partial charge in [-0.1, -0.05) is 43.7 Å². The third-order valence-electron chi connectivity index (χ3n) is 4.48. The van der Waals surface area contributed by atoms with Gasteiger partial charge >= 0.3 is 0 Å². The van der Waals surface area contributed by atoms with Crippen molar-refractivity contribution in [3.8, 4) is 0 Å². The number of hydrogen-bond donors (Lipinski definition) is 1. The zero-order valence-electron chi connectivity index (χ0n) is 13.5. The molecule has 2 atom stereocenters. The summed E-state index contributed by atoms with van der Waals surface area (Å²) in [5, 5.41) is 0. The van der Waals surface area contributed by atoms with E-state index in [2.05, 4.69) is 19.1 Å². The molecule has 0 unspecified atom stereocenters. The average Bonchev–Trinajstić information content (AvgIpc) is 2.98. The third-order valence-corrected chi connectivity index (χ3v) is 6.41. The number of nitrogens with two attached hydrogens (primary N) is 1. The van der Waals surface area contributed by atoms with Crippen LogP contribution >= 0.6 is 0 Å². The highest BCUT2D eigenvalue weighted by Crippen LogP contribution is 2.33. The van der Waals surface area contributed by atoms with Crippen LogP contribution in [0.5, 0.6) is 0 Å². The first-order valence-electron chi connectivity index (χ1n) is 7.97. The average molecular weight is 325 g/mol. The van der Waals surface area contributed by atoms with Gasteiger partial charge in [-0.2, -0.15) is 17.0 Å². The molecule has 0 bridgehead atoms. The van der Waals surface area contributed by atoms with Crippen LogP contribution < -0.4 is 5.73 Å². The summed E-state index contributed by atoms with van der Waals surface area (Å²) in [6, 6.07) is 10.1. The lowest BCUT2D eigenvalue weighted by atomic mass is 9.89. The molecule has 1 heterocycles. The van der Waals surface area contributed by atoms with E-state index in [1.54, 1.807) is 11.4 Å². The largest absolute Gasteiger partial charge is 0.330 e. The minimum absolute atomic E-state index is 0.178. The summed E-state index contributed by atoms with van der Waals surface area (Å²) >= 11 is 0. The van der Waals surface area contributed by atoms with E-state index in [-0.39, 0.29) is 11.8 Å². The molecule has 0 amide bonds. The second-order valence-corrected chi connectivity index (χ2v) is 8.05. The van der Waals surface area contributed by atoms with Crippen LogP contribution in [0.2, 0.25) is 0 Å². The summed E-state index contributed by atoms with van der Waals surface area (Å²) in [5.41, 5.74) is 7.06. The quantitative estimate of drug-likeness (QED) is 0.829. The first-order chi connectivity index (χ1) is 10.5. The fraction of sp³-hybridized carbons (Fsp3) is 0.625. The lowest BCUT2D eigenvalue weighted by Gasteiger charge is -2.24. The summed E-state index contributed by atoms with van der Waals surface area (Å²) in [7, 11) is -1.72. The van der Waals surface area contributed by atoms with Crippen molar-refractivity contribution in [3.63, 3.8) is 0 Å². The van der Waals surface area contributed by atoms with E-state index in [4.69, 9.17) is 5.73 Å². The normalized spacial score (nSPS) is 23.3. The zero-order chi connectivity index (χ0) is 16.2. The zero-order valence-corrected chi connectivity index (χ0v) is 14.3. The highest BCUT2D eigenvalue weighted by atomic mass is 32.2. The van der Waals surface area contributed by atoms with Gasteiger partial charge in [0.15, 0.2) is 0 Å². The summed E-state index contributed by atoms with van der Waals surface area (Å²) in [5.74, 6) is 0.359. The molecule has 0 spiro atoms. The van der Waals surface area contributed by atoms with Crippen molar-refractivity contribution in [1.82, 2.24) is 8.61 Å². The van der Waals surface area contributed by atoms with Crippen molar-refractivity contribution in [1.29, 1.82) is 0 Å². The number of rotatable bonds is 7. The summed E-state index contributed by atoms with van der Waals surface area (Å²) in [6.45, 7) is 4.16. The summed E-state index contributed by atoms with van der Waals surface area (Å²) in [4.78, 5) is 0. The van der Waals surface area contributed by atoms with E-state index in [0.29, 0.717) is 26.2 Å². The Balaban J connectivity index is 2.14. The Hall–Kier alpha value is -0.950. The van der Waals surface area contributed by atoms with E-state index in [1.165, 1.54) is 9.87 Å². The van der Waals surface area contributed by atoms with Crippen LogP contribution in [0.3, 0.4) is 0 Å². The van der Waals surface area contributed by atoms with Gasteiger partial charge in [0.1, 0.15) is 0 Å². The van der Waals surface area contributed by atoms with Crippen molar-refractivity contribution in [2.45, 2.75) is 25.7 Å². The van der Waals surface area contributed by atoms with Crippen LogP contribution in [0.4, 0.5) is 0 Å². The second-order valence-electron chi connectivity index (χ2n) is 6.01. The molecule has 5 nitrogen and oxygen atoms in total. The molecule has 1 aliphatic rings. The van der Waals surface area contributed by atoms with E-state index in [1.807, 2.05) is 18.2 Å². The SMILES string of the molecule is CCCCN(C)S(=O)(=O)N1C[C@@H](CN)[C@H](c2ccccc2)C1. The van der Waals surface area contributed by atoms with Gasteiger partial charge in [0.25, 0.3) is 10.2 Å². The van der Waals surface area contributed by atoms with Crippen LogP contribution in [-0.4, -0.2) is 50.3 Å². The minimum Gasteiger partial charge on any atom is -0.330 e. The van der Waals surface area contributed by atoms with Gasteiger partial charge in [0.2, 0.25) is 0 Å². The third kappa shape index (κ3) is 3.68. The molecule has 1 fully saturated rings. The highest BCUT2D eigenvalue weighted by Gasteiger charge is 2.40. The molecule has 124 valence electrons. The second kappa shape index (κ2) is 7.55. The number of benzene rings is 1. The number of unbranched alkanes of at least 4 members (excludes halogenated alkanes) is 1. The molecule has 22 heavy (non-hydrogen) atoms. The molecule has 6 heteroatoms. The van der Waals surface area contributed by atoms with Crippen molar-refractivity contribution in [2.24, 2.45) is 11.7 Å². The van der Waals surface area contributed by atoms with Gasteiger partial charge in [-0.15, -0.1) is 0 Å². The molecule has 1 aromatic carbocycles. The van der Waals surface area contributed by atoms with E-state index >= 15 is 0 Å². The smallest absolute Gasteiger partial charge is 0.281 e. The topological polar surface area (TPSA) is 66.6 Å². The van der Waals surface area contributed by atoms with Crippen molar-refractivity contribution in [3.05, 3.63) is 35.9 Å². The van der Waals surface area contributed by atoms with Gasteiger partial charge in [-0.05, 0) is 24.4 Å². The van der Waals surface area contributed by atoms with Crippen LogP contribution in [0.15, 0.2) is 30.3 Å². The van der Waals surface area contributed by atoms with Gasteiger partial charge in [0, 0.05) is 32.6 Å². The van der Waals surface area contributed by atoms with E-state index in [9.17, 15) is 8.42 Å². The van der Waals surface area contributed by atoms with E-state index in [0.717, 1.165) is 12.8 Å². The molecular weight excluding hydrogens is 298 g/mol. The van der Waals surface area contributed by atoms with Crippen LogP contribution in [-0.2, 0) is 10.2 Å². The number of nitrogens with zero attached hydrogens (tertiary/aromatic N) is 2. The first-order valence-corrected chi connectivity index (χ1v) is 9.36. The molecule has 1 saturated heterocycles. The summed E-state index contributed by atoms with van der Waals surface area (Å²) in [6.07, 6.45) is 1.87. The molecule has 1 aliphatic heterocycles. The Labute approximate surface area is 134 Å². The molecule has 0 saturated carbocycles. The Bertz CT molecular complexity index is 562. The molecule has 2 rings (SSSR count). The maximum absolute atomic E-state index is 12.7. The minimum atomic E-state index is -3.38. The monoisotopic (exact) mass is 325 g/mol. The van der Waals surface area contributed by atoms with Gasteiger partial charge in [-0.3, -0.25) is 0 Å². The molecule has 0 aromatic heterocycles. The Morgan fingerprint density at radius 3 is 2.55 bits per heavy atom. The molecule has 1 aromatic rings. The number of hydrogen-bond acceptors (Lipinski definition) is 3. The van der Waals surface area contributed by atoms with Gasteiger partial charge in [0.05, 0.1) is 0 Å². The van der Waals surface area contributed by atoms with Crippen molar-refractivity contribution in [2.75, 3.05) is 33.2 Å². The Kier molecular flexibility index (Phi) is 5.97. The standard InChI is InChI=1S/C16H27N3O2S/c1-3-4-10-18(2)22(20,21)19-12-15(11-17)16(13-19)14-8-6-5-7-9-14/h5-9,15-16H,3-4,10-13,17H2,1-2H3/t15-,16+/m1/s1. The Morgan fingerprint density at radius 2 is 1.95 bits per heavy atom. The molecule has 2 N–H and O–H groups in total. The predicted molar refractivity (Wildman–Crippen MR) is 89.8 cm³/mol.